The number of halogens is 5. The zero-order chi connectivity index (χ0) is 12.3. The Morgan fingerprint density at radius 2 is 2.00 bits per heavy atom. The van der Waals surface area contributed by atoms with Gasteiger partial charge in [0.2, 0.25) is 5.78 Å². The average molecular weight is 255 g/mol. The van der Waals surface area contributed by atoms with Crippen LogP contribution in [0.1, 0.15) is 5.56 Å². The number of ketones is 1. The van der Waals surface area contributed by atoms with Crippen molar-refractivity contribution in [2.75, 3.05) is 0 Å². The van der Waals surface area contributed by atoms with Gasteiger partial charge in [-0.15, -0.1) is 0 Å². The Labute approximate surface area is 94.0 Å². The third-order valence-electron chi connectivity index (χ3n) is 1.90. The molecule has 0 saturated carbocycles. The van der Waals surface area contributed by atoms with Crippen LogP contribution in [-0.4, -0.2) is 18.1 Å². The third-order valence-corrected chi connectivity index (χ3v) is 2.13. The highest BCUT2D eigenvalue weighted by Gasteiger charge is 2.47. The lowest BCUT2D eigenvalue weighted by Crippen LogP contribution is -2.37. The lowest BCUT2D eigenvalue weighted by molar-refractivity contribution is -0.166. The summed E-state index contributed by atoms with van der Waals surface area (Å²) in [6, 6.07) is 5.58. The second kappa shape index (κ2) is 4.82. The van der Waals surface area contributed by atoms with Gasteiger partial charge in [0, 0.05) is 11.4 Å². The first-order valence-electron chi connectivity index (χ1n) is 4.27. The van der Waals surface area contributed by atoms with Crippen molar-refractivity contribution in [3.8, 4) is 0 Å². The molecular weight excluding hydrogens is 248 g/mol. The Bertz CT molecular complexity index is 392. The first kappa shape index (κ1) is 13.0. The smallest absolute Gasteiger partial charge is 0.292 e. The number of hydrogen-bond donors (Lipinski definition) is 0. The summed E-state index contributed by atoms with van der Waals surface area (Å²) < 4.78 is 48.9. The zero-order valence-corrected chi connectivity index (χ0v) is 8.65. The fourth-order valence-corrected chi connectivity index (χ4v) is 1.28. The van der Waals surface area contributed by atoms with Crippen LogP contribution in [0.5, 0.6) is 0 Å². The quantitative estimate of drug-likeness (QED) is 0.753. The number of carbonyl (C=O) groups is 1. The van der Waals surface area contributed by atoms with Gasteiger partial charge in [-0.25, -0.2) is 8.78 Å². The van der Waals surface area contributed by atoms with Gasteiger partial charge in [-0.3, -0.25) is 4.79 Å². The molecule has 0 aliphatic carbocycles. The molecule has 0 N–H and O–H groups in total. The Morgan fingerprint density at radius 1 is 1.38 bits per heavy atom. The van der Waals surface area contributed by atoms with E-state index in [0.29, 0.717) is 0 Å². The van der Waals surface area contributed by atoms with E-state index in [1.807, 2.05) is 0 Å². The lowest BCUT2D eigenvalue weighted by Gasteiger charge is -2.13. The fourth-order valence-electron chi connectivity index (χ4n) is 1.07. The molecule has 0 amide bonds. The molecule has 88 valence electrons. The van der Waals surface area contributed by atoms with E-state index in [1.54, 1.807) is 0 Å². The summed E-state index contributed by atoms with van der Waals surface area (Å²) in [6.07, 6.45) is -4.75. The molecule has 0 saturated heterocycles. The van der Waals surface area contributed by atoms with Crippen molar-refractivity contribution >= 4 is 17.4 Å². The molecule has 0 unspecified atom stereocenters. The molecule has 16 heavy (non-hydrogen) atoms. The first-order valence-corrected chi connectivity index (χ1v) is 4.65. The monoisotopic (exact) mass is 254 g/mol. The largest absolute Gasteiger partial charge is 0.364 e. The maximum atomic E-state index is 12.6. The van der Waals surface area contributed by atoms with E-state index in [4.69, 9.17) is 11.6 Å². The highest BCUT2D eigenvalue weighted by molar-refractivity contribution is 6.30. The van der Waals surface area contributed by atoms with Gasteiger partial charge >= 0.3 is 12.3 Å². The minimum absolute atomic E-state index is 0.179. The topological polar surface area (TPSA) is 17.1 Å². The van der Waals surface area contributed by atoms with Gasteiger partial charge in [0.05, 0.1) is 0 Å². The molecule has 0 heterocycles. The van der Waals surface area contributed by atoms with Crippen molar-refractivity contribution in [3.05, 3.63) is 34.9 Å². The second-order valence-corrected chi connectivity index (χ2v) is 3.59. The SMILES string of the molecule is O=C(Cc1cccc(Cl)c1)C(F)(F)C(F)F. The molecule has 0 fully saturated rings. The molecule has 1 aromatic rings. The van der Waals surface area contributed by atoms with Crippen LogP contribution in [0.3, 0.4) is 0 Å². The van der Waals surface area contributed by atoms with Gasteiger partial charge in [0.25, 0.3) is 0 Å². The van der Waals surface area contributed by atoms with Crippen LogP contribution < -0.4 is 0 Å². The van der Waals surface area contributed by atoms with E-state index in [9.17, 15) is 22.4 Å². The number of benzene rings is 1. The van der Waals surface area contributed by atoms with Gasteiger partial charge in [-0.2, -0.15) is 8.78 Å². The summed E-state index contributed by atoms with van der Waals surface area (Å²) in [6.45, 7) is 0. The van der Waals surface area contributed by atoms with Crippen LogP contribution in [0.4, 0.5) is 17.6 Å². The minimum Gasteiger partial charge on any atom is -0.292 e. The molecule has 1 aromatic carbocycles. The zero-order valence-electron chi connectivity index (χ0n) is 7.89. The summed E-state index contributed by atoms with van der Waals surface area (Å²) >= 11 is 5.56. The maximum Gasteiger partial charge on any atom is 0.364 e. The van der Waals surface area contributed by atoms with E-state index in [-0.39, 0.29) is 10.6 Å². The molecule has 1 nitrogen and oxygen atoms in total. The minimum atomic E-state index is -4.61. The van der Waals surface area contributed by atoms with E-state index in [2.05, 4.69) is 0 Å². The van der Waals surface area contributed by atoms with Crippen molar-refractivity contribution in [1.29, 1.82) is 0 Å². The number of rotatable bonds is 4. The first-order chi connectivity index (χ1) is 7.34. The summed E-state index contributed by atoms with van der Waals surface area (Å²) in [5.74, 6) is -6.42. The normalized spacial score (nSPS) is 11.9. The van der Waals surface area contributed by atoms with Crippen LogP contribution in [0.2, 0.25) is 5.02 Å². The summed E-state index contributed by atoms with van der Waals surface area (Å²) in [5, 5.41) is 0.255. The molecule has 0 spiro atoms. The van der Waals surface area contributed by atoms with Crippen LogP contribution >= 0.6 is 11.6 Å². The third kappa shape index (κ3) is 2.95. The molecule has 0 aliphatic rings. The number of hydrogen-bond acceptors (Lipinski definition) is 1. The van der Waals surface area contributed by atoms with Crippen molar-refractivity contribution in [1.82, 2.24) is 0 Å². The van der Waals surface area contributed by atoms with Gasteiger partial charge in [-0.05, 0) is 17.7 Å². The molecule has 6 heteroatoms. The van der Waals surface area contributed by atoms with Crippen molar-refractivity contribution in [2.24, 2.45) is 0 Å². The van der Waals surface area contributed by atoms with Crippen molar-refractivity contribution in [2.45, 2.75) is 18.8 Å². The number of Topliss-reactive ketones (excluding diaryl/α,β-unsaturated/α-hetero) is 1. The number of carbonyl (C=O) groups excluding carboxylic acids is 1. The second-order valence-electron chi connectivity index (χ2n) is 3.15. The summed E-state index contributed by atoms with van der Waals surface area (Å²) in [7, 11) is 0. The Morgan fingerprint density at radius 3 is 2.50 bits per heavy atom. The van der Waals surface area contributed by atoms with Gasteiger partial charge < -0.3 is 0 Å². The van der Waals surface area contributed by atoms with Gasteiger partial charge in [0.1, 0.15) is 0 Å². The van der Waals surface area contributed by atoms with E-state index in [1.165, 1.54) is 24.3 Å². The van der Waals surface area contributed by atoms with Crippen LogP contribution in [0.25, 0.3) is 0 Å². The van der Waals surface area contributed by atoms with Crippen LogP contribution in [-0.2, 0) is 11.2 Å². The van der Waals surface area contributed by atoms with E-state index < -0.39 is 24.6 Å². The van der Waals surface area contributed by atoms with Crippen molar-refractivity contribution in [3.63, 3.8) is 0 Å². The highest BCUT2D eigenvalue weighted by Crippen LogP contribution is 2.25. The fraction of sp³-hybridized carbons (Fsp3) is 0.300. The van der Waals surface area contributed by atoms with E-state index >= 15 is 0 Å². The lowest BCUT2D eigenvalue weighted by atomic mass is 10.1. The molecule has 1 rings (SSSR count). The predicted molar refractivity (Wildman–Crippen MR) is 51.1 cm³/mol. The highest BCUT2D eigenvalue weighted by atomic mass is 35.5. The molecule has 0 aliphatic heterocycles. The molecule has 0 bridgehead atoms. The summed E-state index contributed by atoms with van der Waals surface area (Å²) in [5.41, 5.74) is 0.179. The maximum absolute atomic E-state index is 12.6. The summed E-state index contributed by atoms with van der Waals surface area (Å²) in [4.78, 5) is 10.9. The molecule has 0 radical (unpaired) electrons. The Hall–Kier alpha value is -1.10. The van der Waals surface area contributed by atoms with Crippen molar-refractivity contribution < 1.29 is 22.4 Å². The molecular formula is C10H7ClF4O. The van der Waals surface area contributed by atoms with Gasteiger partial charge in [-0.1, -0.05) is 23.7 Å². The van der Waals surface area contributed by atoms with Gasteiger partial charge in [0.15, 0.2) is 0 Å². The standard InChI is InChI=1S/C10H7ClF4O/c11-7-3-1-2-6(4-7)5-8(16)10(14,15)9(12)13/h1-4,9H,5H2. The Kier molecular flexibility index (Phi) is 3.91. The van der Waals surface area contributed by atoms with Crippen LogP contribution in [0, 0.1) is 0 Å². The molecule has 0 aromatic heterocycles. The van der Waals surface area contributed by atoms with E-state index in [0.717, 1.165) is 0 Å². The number of alkyl halides is 4. The predicted octanol–water partition coefficient (Wildman–Crippen LogP) is 3.35. The average Bonchev–Trinajstić information content (AvgIpc) is 2.17. The Balaban J connectivity index is 2.79. The van der Waals surface area contributed by atoms with Crippen LogP contribution in [0.15, 0.2) is 24.3 Å². The molecule has 0 atom stereocenters.